The van der Waals surface area contributed by atoms with Crippen LogP contribution in [0.25, 0.3) is 0 Å². The molecule has 0 saturated carbocycles. The molecule has 0 fully saturated rings. The normalized spacial score (nSPS) is 10.4. The van der Waals surface area contributed by atoms with E-state index in [9.17, 15) is 9.59 Å². The third-order valence-electron chi connectivity index (χ3n) is 4.65. The standard InChI is InChI=1S/C24H24ClN3O2/c1-15-12-16(2)23(17(3)13-15)28-22(29)14-26-21-7-5-4-6-20(21)24(30)27-19-10-8-18(25)9-11-19/h4-13,26H,14H2,1-3H3,(H,27,30)(H,28,29). The van der Waals surface area contributed by atoms with Crippen LogP contribution in [-0.4, -0.2) is 18.4 Å². The molecular weight excluding hydrogens is 398 g/mol. The largest absolute Gasteiger partial charge is 0.376 e. The molecule has 0 heterocycles. The molecule has 0 aliphatic heterocycles. The summed E-state index contributed by atoms with van der Waals surface area (Å²) in [6, 6.07) is 18.0. The molecule has 3 aromatic rings. The monoisotopic (exact) mass is 421 g/mol. The lowest BCUT2D eigenvalue weighted by Gasteiger charge is -2.15. The molecule has 0 aliphatic carbocycles. The summed E-state index contributed by atoms with van der Waals surface area (Å²) in [5.41, 5.74) is 5.68. The highest BCUT2D eigenvalue weighted by atomic mass is 35.5. The summed E-state index contributed by atoms with van der Waals surface area (Å²) in [6.45, 7) is 6.01. The molecule has 3 rings (SSSR count). The average molecular weight is 422 g/mol. The van der Waals surface area contributed by atoms with Crippen LogP contribution in [-0.2, 0) is 4.79 Å². The second kappa shape index (κ2) is 9.46. The van der Waals surface area contributed by atoms with Crippen LogP contribution in [0.5, 0.6) is 0 Å². The Hall–Kier alpha value is -3.31. The number of benzene rings is 3. The van der Waals surface area contributed by atoms with Crippen LogP contribution in [0.2, 0.25) is 5.02 Å². The molecule has 0 unspecified atom stereocenters. The van der Waals surface area contributed by atoms with Crippen molar-refractivity contribution in [1.82, 2.24) is 0 Å². The van der Waals surface area contributed by atoms with E-state index in [4.69, 9.17) is 11.6 Å². The molecule has 5 nitrogen and oxygen atoms in total. The van der Waals surface area contributed by atoms with E-state index in [0.29, 0.717) is 22.0 Å². The predicted octanol–water partition coefficient (Wildman–Crippen LogP) is 5.57. The van der Waals surface area contributed by atoms with Gasteiger partial charge in [-0.3, -0.25) is 9.59 Å². The van der Waals surface area contributed by atoms with Crippen molar-refractivity contribution in [2.45, 2.75) is 20.8 Å². The summed E-state index contributed by atoms with van der Waals surface area (Å²) in [6.07, 6.45) is 0. The van der Waals surface area contributed by atoms with Crippen molar-refractivity contribution in [3.05, 3.63) is 87.9 Å². The second-order valence-electron chi connectivity index (χ2n) is 7.18. The van der Waals surface area contributed by atoms with Crippen LogP contribution in [0.1, 0.15) is 27.0 Å². The summed E-state index contributed by atoms with van der Waals surface area (Å²) in [7, 11) is 0. The highest BCUT2D eigenvalue weighted by molar-refractivity contribution is 6.30. The smallest absolute Gasteiger partial charge is 0.257 e. The van der Waals surface area contributed by atoms with E-state index < -0.39 is 0 Å². The highest BCUT2D eigenvalue weighted by Crippen LogP contribution is 2.22. The van der Waals surface area contributed by atoms with E-state index in [1.54, 1.807) is 42.5 Å². The molecule has 2 amide bonds. The van der Waals surface area contributed by atoms with Crippen LogP contribution < -0.4 is 16.0 Å². The maximum Gasteiger partial charge on any atom is 0.257 e. The molecule has 3 N–H and O–H groups in total. The number of carbonyl (C=O) groups excluding carboxylic acids is 2. The minimum atomic E-state index is -0.272. The van der Waals surface area contributed by atoms with Crippen LogP contribution in [0, 0.1) is 20.8 Å². The zero-order chi connectivity index (χ0) is 21.7. The number of halogens is 1. The van der Waals surface area contributed by atoms with Crippen LogP contribution in [0.3, 0.4) is 0 Å². The maximum absolute atomic E-state index is 12.7. The van der Waals surface area contributed by atoms with Gasteiger partial charge in [0.1, 0.15) is 0 Å². The first-order chi connectivity index (χ1) is 14.3. The van der Waals surface area contributed by atoms with Gasteiger partial charge in [0, 0.05) is 22.1 Å². The van der Waals surface area contributed by atoms with Crippen LogP contribution in [0.4, 0.5) is 17.1 Å². The van der Waals surface area contributed by atoms with E-state index >= 15 is 0 Å². The first kappa shape index (κ1) is 21.4. The molecule has 6 heteroatoms. The lowest BCUT2D eigenvalue weighted by Crippen LogP contribution is -2.24. The lowest BCUT2D eigenvalue weighted by atomic mass is 10.1. The van der Waals surface area contributed by atoms with Gasteiger partial charge in [0.25, 0.3) is 5.91 Å². The summed E-state index contributed by atoms with van der Waals surface area (Å²) < 4.78 is 0. The van der Waals surface area contributed by atoms with Gasteiger partial charge in [-0.1, -0.05) is 41.4 Å². The van der Waals surface area contributed by atoms with Gasteiger partial charge in [0.2, 0.25) is 5.91 Å². The van der Waals surface area contributed by atoms with Gasteiger partial charge in [-0.2, -0.15) is 0 Å². The minimum absolute atomic E-state index is 0.0397. The fourth-order valence-corrected chi connectivity index (χ4v) is 3.43. The minimum Gasteiger partial charge on any atom is -0.376 e. The molecule has 0 aliphatic rings. The second-order valence-corrected chi connectivity index (χ2v) is 7.62. The number of amides is 2. The van der Waals surface area contributed by atoms with Crippen molar-refractivity contribution in [3.63, 3.8) is 0 Å². The summed E-state index contributed by atoms with van der Waals surface area (Å²) in [5.74, 6) is -0.455. The molecule has 0 aromatic heterocycles. The first-order valence-electron chi connectivity index (χ1n) is 9.61. The van der Waals surface area contributed by atoms with Crippen LogP contribution >= 0.6 is 11.6 Å². The Labute approximate surface area is 181 Å². The predicted molar refractivity (Wildman–Crippen MR) is 124 cm³/mol. The van der Waals surface area contributed by atoms with E-state index in [1.807, 2.05) is 39.0 Å². The Morgan fingerprint density at radius 2 is 1.50 bits per heavy atom. The first-order valence-corrected chi connectivity index (χ1v) is 9.99. The van der Waals surface area contributed by atoms with Gasteiger partial charge < -0.3 is 16.0 Å². The number of anilines is 3. The Balaban J connectivity index is 1.67. The van der Waals surface area contributed by atoms with E-state index in [-0.39, 0.29) is 18.4 Å². The Kier molecular flexibility index (Phi) is 6.75. The molecule has 3 aromatic carbocycles. The summed E-state index contributed by atoms with van der Waals surface area (Å²) in [5, 5.41) is 9.45. The summed E-state index contributed by atoms with van der Waals surface area (Å²) in [4.78, 5) is 25.2. The van der Waals surface area contributed by atoms with Crippen molar-refractivity contribution in [1.29, 1.82) is 0 Å². The number of carbonyl (C=O) groups is 2. The number of hydrogen-bond acceptors (Lipinski definition) is 3. The third kappa shape index (κ3) is 5.39. The topological polar surface area (TPSA) is 70.2 Å². The maximum atomic E-state index is 12.7. The van der Waals surface area contributed by atoms with Crippen molar-refractivity contribution < 1.29 is 9.59 Å². The SMILES string of the molecule is Cc1cc(C)c(NC(=O)CNc2ccccc2C(=O)Nc2ccc(Cl)cc2)c(C)c1. The van der Waals surface area contributed by atoms with Gasteiger partial charge in [-0.25, -0.2) is 0 Å². The van der Waals surface area contributed by atoms with Crippen molar-refractivity contribution in [3.8, 4) is 0 Å². The summed E-state index contributed by atoms with van der Waals surface area (Å²) >= 11 is 5.89. The molecule has 30 heavy (non-hydrogen) atoms. The molecule has 154 valence electrons. The zero-order valence-corrected chi connectivity index (χ0v) is 17.9. The number of para-hydroxylation sites is 1. The average Bonchev–Trinajstić information content (AvgIpc) is 2.71. The Morgan fingerprint density at radius 3 is 2.17 bits per heavy atom. The van der Waals surface area contributed by atoms with Gasteiger partial charge in [0.05, 0.1) is 12.1 Å². The van der Waals surface area contributed by atoms with E-state index in [0.717, 1.165) is 22.4 Å². The molecule has 0 spiro atoms. The van der Waals surface area contributed by atoms with Gasteiger partial charge in [-0.05, 0) is 68.3 Å². The molecule has 0 saturated heterocycles. The number of aryl methyl sites for hydroxylation is 3. The van der Waals surface area contributed by atoms with Gasteiger partial charge >= 0.3 is 0 Å². The molecule has 0 bridgehead atoms. The van der Waals surface area contributed by atoms with Gasteiger partial charge in [-0.15, -0.1) is 0 Å². The number of hydrogen-bond donors (Lipinski definition) is 3. The number of rotatable bonds is 6. The lowest BCUT2D eigenvalue weighted by molar-refractivity contribution is -0.114. The molecular formula is C24H24ClN3O2. The third-order valence-corrected chi connectivity index (χ3v) is 4.91. The number of nitrogens with one attached hydrogen (secondary N) is 3. The van der Waals surface area contributed by atoms with Crippen molar-refractivity contribution in [2.24, 2.45) is 0 Å². The van der Waals surface area contributed by atoms with E-state index in [1.165, 1.54) is 0 Å². The van der Waals surface area contributed by atoms with E-state index in [2.05, 4.69) is 16.0 Å². The van der Waals surface area contributed by atoms with Gasteiger partial charge in [0.15, 0.2) is 0 Å². The molecule has 0 radical (unpaired) electrons. The van der Waals surface area contributed by atoms with Crippen molar-refractivity contribution >= 4 is 40.5 Å². The Bertz CT molecular complexity index is 1060. The van der Waals surface area contributed by atoms with Crippen LogP contribution in [0.15, 0.2) is 60.7 Å². The Morgan fingerprint density at radius 1 is 0.867 bits per heavy atom. The zero-order valence-electron chi connectivity index (χ0n) is 17.2. The fourth-order valence-electron chi connectivity index (χ4n) is 3.30. The molecule has 0 atom stereocenters. The fraction of sp³-hybridized carbons (Fsp3) is 0.167. The highest BCUT2D eigenvalue weighted by Gasteiger charge is 2.13. The quantitative estimate of drug-likeness (QED) is 0.487. The van der Waals surface area contributed by atoms with Crippen molar-refractivity contribution in [2.75, 3.05) is 22.5 Å².